The molecule has 3 aliphatic heterocycles. The number of nitrogens with zero attached hydrogens (tertiary/aromatic N) is 2. The standard InChI is InChI=1S/C17H26N2O2/c20-16(14-6-2-3-7-14)19-12-17(13-19)10-15(11-21-17)18-8-4-1-5-9-18/h2-3,14-15H,1,4-13H2. The number of carbonyl (C=O) groups is 1. The second-order valence-electron chi connectivity index (χ2n) is 7.28. The number of amides is 1. The van der Waals surface area contributed by atoms with Crippen LogP contribution in [0.4, 0.5) is 0 Å². The molecular weight excluding hydrogens is 264 g/mol. The summed E-state index contributed by atoms with van der Waals surface area (Å²) in [4.78, 5) is 17.0. The molecule has 21 heavy (non-hydrogen) atoms. The van der Waals surface area contributed by atoms with Gasteiger partial charge in [-0.1, -0.05) is 18.6 Å². The van der Waals surface area contributed by atoms with Crippen LogP contribution in [0.2, 0.25) is 0 Å². The van der Waals surface area contributed by atoms with Crippen LogP contribution in [0.3, 0.4) is 0 Å². The van der Waals surface area contributed by atoms with Crippen molar-refractivity contribution >= 4 is 5.91 Å². The lowest BCUT2D eigenvalue weighted by molar-refractivity contribution is -0.161. The highest BCUT2D eigenvalue weighted by Crippen LogP contribution is 2.38. The highest BCUT2D eigenvalue weighted by Gasteiger charge is 2.52. The van der Waals surface area contributed by atoms with E-state index >= 15 is 0 Å². The molecule has 116 valence electrons. The van der Waals surface area contributed by atoms with Crippen molar-refractivity contribution < 1.29 is 9.53 Å². The van der Waals surface area contributed by atoms with Crippen molar-refractivity contribution in [1.82, 2.24) is 9.80 Å². The first kappa shape index (κ1) is 13.8. The molecule has 0 bridgehead atoms. The van der Waals surface area contributed by atoms with Crippen LogP contribution in [0.5, 0.6) is 0 Å². The largest absolute Gasteiger partial charge is 0.370 e. The van der Waals surface area contributed by atoms with Gasteiger partial charge in [-0.2, -0.15) is 0 Å². The topological polar surface area (TPSA) is 32.8 Å². The van der Waals surface area contributed by atoms with E-state index in [9.17, 15) is 4.79 Å². The van der Waals surface area contributed by atoms with Crippen molar-refractivity contribution in [2.24, 2.45) is 5.92 Å². The maximum Gasteiger partial charge on any atom is 0.226 e. The number of ether oxygens (including phenoxy) is 1. The van der Waals surface area contributed by atoms with E-state index in [2.05, 4.69) is 17.1 Å². The molecule has 4 nitrogen and oxygen atoms in total. The number of carbonyl (C=O) groups excluding carboxylic acids is 1. The first-order chi connectivity index (χ1) is 10.3. The quantitative estimate of drug-likeness (QED) is 0.727. The summed E-state index contributed by atoms with van der Waals surface area (Å²) in [6, 6.07) is 0.593. The molecule has 3 heterocycles. The van der Waals surface area contributed by atoms with Gasteiger partial charge in [0.25, 0.3) is 0 Å². The zero-order valence-electron chi connectivity index (χ0n) is 12.8. The van der Waals surface area contributed by atoms with Crippen LogP contribution >= 0.6 is 0 Å². The Bertz CT molecular complexity index is 428. The fraction of sp³-hybridized carbons (Fsp3) is 0.824. The molecule has 1 amide bonds. The van der Waals surface area contributed by atoms with Gasteiger partial charge in [0.15, 0.2) is 0 Å². The van der Waals surface area contributed by atoms with Crippen LogP contribution in [0, 0.1) is 5.92 Å². The van der Waals surface area contributed by atoms with Crippen molar-refractivity contribution in [2.45, 2.75) is 50.2 Å². The molecule has 1 aliphatic carbocycles. The van der Waals surface area contributed by atoms with Gasteiger partial charge in [-0.25, -0.2) is 0 Å². The molecule has 3 saturated heterocycles. The second-order valence-corrected chi connectivity index (χ2v) is 7.28. The van der Waals surface area contributed by atoms with Crippen LogP contribution in [-0.2, 0) is 9.53 Å². The number of piperidine rings is 1. The normalized spacial score (nSPS) is 32.8. The number of likely N-dealkylation sites (tertiary alicyclic amines) is 2. The molecule has 4 heteroatoms. The van der Waals surface area contributed by atoms with E-state index < -0.39 is 0 Å². The lowest BCUT2D eigenvalue weighted by Gasteiger charge is -2.48. The minimum Gasteiger partial charge on any atom is -0.370 e. The monoisotopic (exact) mass is 290 g/mol. The zero-order valence-corrected chi connectivity index (χ0v) is 12.8. The average molecular weight is 290 g/mol. The SMILES string of the molecule is O=C(C1CC=CC1)N1CC2(CC(N3CCCCC3)CO2)C1. The predicted octanol–water partition coefficient (Wildman–Crippen LogP) is 1.81. The molecule has 1 unspecified atom stereocenters. The summed E-state index contributed by atoms with van der Waals surface area (Å²) in [5.41, 5.74) is -0.0101. The summed E-state index contributed by atoms with van der Waals surface area (Å²) in [5, 5.41) is 0. The van der Waals surface area contributed by atoms with Crippen molar-refractivity contribution in [2.75, 3.05) is 32.8 Å². The Morgan fingerprint density at radius 2 is 1.81 bits per heavy atom. The first-order valence-electron chi connectivity index (χ1n) is 8.58. The Morgan fingerprint density at radius 3 is 2.52 bits per heavy atom. The highest BCUT2D eigenvalue weighted by atomic mass is 16.5. The Hall–Kier alpha value is -0.870. The van der Waals surface area contributed by atoms with Gasteiger partial charge in [0.1, 0.15) is 5.60 Å². The van der Waals surface area contributed by atoms with Crippen LogP contribution < -0.4 is 0 Å². The van der Waals surface area contributed by atoms with Gasteiger partial charge in [-0.05, 0) is 45.2 Å². The summed E-state index contributed by atoms with van der Waals surface area (Å²) < 4.78 is 6.13. The van der Waals surface area contributed by atoms with E-state index in [4.69, 9.17) is 4.74 Å². The average Bonchev–Trinajstić information content (AvgIpc) is 3.15. The fourth-order valence-electron chi connectivity index (χ4n) is 4.44. The van der Waals surface area contributed by atoms with Crippen molar-refractivity contribution in [3.63, 3.8) is 0 Å². The van der Waals surface area contributed by atoms with Crippen molar-refractivity contribution in [3.8, 4) is 0 Å². The van der Waals surface area contributed by atoms with E-state index in [1.54, 1.807) is 0 Å². The van der Waals surface area contributed by atoms with Crippen LogP contribution in [-0.4, -0.2) is 60.1 Å². The molecule has 3 fully saturated rings. The molecule has 0 N–H and O–H groups in total. The van der Waals surface area contributed by atoms with Gasteiger partial charge in [-0.15, -0.1) is 0 Å². The third kappa shape index (κ3) is 2.53. The Labute approximate surface area is 127 Å². The summed E-state index contributed by atoms with van der Waals surface area (Å²) in [5.74, 6) is 0.553. The second kappa shape index (κ2) is 5.40. The lowest BCUT2D eigenvalue weighted by Crippen LogP contribution is -2.64. The number of allylic oxidation sites excluding steroid dienone is 2. The van der Waals surface area contributed by atoms with Gasteiger partial charge in [0.05, 0.1) is 19.7 Å². The summed E-state index contributed by atoms with van der Waals surface area (Å²) in [6.45, 7) is 4.99. The summed E-state index contributed by atoms with van der Waals surface area (Å²) in [6.07, 6.45) is 11.3. The molecule has 4 aliphatic rings. The third-order valence-electron chi connectivity index (χ3n) is 5.72. The Morgan fingerprint density at radius 1 is 1.10 bits per heavy atom. The minimum absolute atomic E-state index is 0.0101. The van der Waals surface area contributed by atoms with Gasteiger partial charge >= 0.3 is 0 Å². The number of hydrogen-bond acceptors (Lipinski definition) is 3. The molecule has 0 saturated carbocycles. The fourth-order valence-corrected chi connectivity index (χ4v) is 4.44. The molecule has 0 aromatic rings. The van der Waals surface area contributed by atoms with E-state index in [0.29, 0.717) is 11.9 Å². The van der Waals surface area contributed by atoms with E-state index in [0.717, 1.165) is 39.0 Å². The van der Waals surface area contributed by atoms with Gasteiger partial charge < -0.3 is 9.64 Å². The van der Waals surface area contributed by atoms with Crippen LogP contribution in [0.15, 0.2) is 12.2 Å². The predicted molar refractivity (Wildman–Crippen MR) is 81.0 cm³/mol. The summed E-state index contributed by atoms with van der Waals surface area (Å²) >= 11 is 0. The molecular formula is C17H26N2O2. The summed E-state index contributed by atoms with van der Waals surface area (Å²) in [7, 11) is 0. The molecule has 1 atom stereocenters. The van der Waals surface area contributed by atoms with Crippen LogP contribution in [0.1, 0.15) is 38.5 Å². The molecule has 0 aromatic carbocycles. The highest BCUT2D eigenvalue weighted by molar-refractivity contribution is 5.80. The number of hydrogen-bond donors (Lipinski definition) is 0. The maximum atomic E-state index is 12.4. The zero-order chi connectivity index (χ0) is 14.3. The van der Waals surface area contributed by atoms with Gasteiger partial charge in [0, 0.05) is 12.0 Å². The Balaban J connectivity index is 1.29. The molecule has 1 spiro atoms. The third-order valence-corrected chi connectivity index (χ3v) is 5.72. The van der Waals surface area contributed by atoms with Gasteiger partial charge in [0.2, 0.25) is 5.91 Å². The van der Waals surface area contributed by atoms with E-state index in [1.807, 2.05) is 4.90 Å². The molecule has 0 aromatic heterocycles. The molecule has 0 radical (unpaired) electrons. The minimum atomic E-state index is -0.0101. The van der Waals surface area contributed by atoms with Crippen molar-refractivity contribution in [1.29, 1.82) is 0 Å². The molecule has 4 rings (SSSR count). The van der Waals surface area contributed by atoms with Gasteiger partial charge in [-0.3, -0.25) is 9.69 Å². The van der Waals surface area contributed by atoms with E-state index in [-0.39, 0.29) is 11.5 Å². The number of rotatable bonds is 2. The van der Waals surface area contributed by atoms with Crippen LogP contribution in [0.25, 0.3) is 0 Å². The first-order valence-corrected chi connectivity index (χ1v) is 8.58. The lowest BCUT2D eigenvalue weighted by atomic mass is 9.87. The smallest absolute Gasteiger partial charge is 0.226 e. The van der Waals surface area contributed by atoms with Crippen molar-refractivity contribution in [3.05, 3.63) is 12.2 Å². The maximum absolute atomic E-state index is 12.4. The van der Waals surface area contributed by atoms with E-state index in [1.165, 1.54) is 32.4 Å². The Kier molecular flexibility index (Phi) is 3.54.